The highest BCUT2D eigenvalue weighted by molar-refractivity contribution is 5.46. The van der Waals surface area contributed by atoms with Crippen molar-refractivity contribution in [3.05, 3.63) is 17.1 Å². The Labute approximate surface area is 117 Å². The lowest BCUT2D eigenvalue weighted by atomic mass is 10.1. The van der Waals surface area contributed by atoms with Gasteiger partial charge in [0.15, 0.2) is 5.82 Å². The van der Waals surface area contributed by atoms with Crippen LogP contribution in [0.25, 0.3) is 0 Å². The van der Waals surface area contributed by atoms with E-state index >= 15 is 0 Å². The van der Waals surface area contributed by atoms with Gasteiger partial charge in [0.05, 0.1) is 0 Å². The molecule has 4 nitrogen and oxygen atoms in total. The number of anilines is 1. The maximum absolute atomic E-state index is 5.75. The van der Waals surface area contributed by atoms with Gasteiger partial charge < -0.3 is 10.1 Å². The van der Waals surface area contributed by atoms with Crippen molar-refractivity contribution >= 4 is 5.82 Å². The number of aryl methyl sites for hydroxylation is 1. The van der Waals surface area contributed by atoms with Crippen molar-refractivity contribution in [3.63, 3.8) is 0 Å². The molecule has 0 radical (unpaired) electrons. The number of rotatable bonds is 7. The van der Waals surface area contributed by atoms with Crippen LogP contribution in [0.4, 0.5) is 5.82 Å². The molecule has 0 aromatic carbocycles. The van der Waals surface area contributed by atoms with E-state index in [2.05, 4.69) is 29.1 Å². The number of nitrogens with zero attached hydrogens (tertiary/aromatic N) is 2. The molecular weight excluding hydrogens is 238 g/mol. The fourth-order valence-corrected chi connectivity index (χ4v) is 2.10. The van der Waals surface area contributed by atoms with Gasteiger partial charge >= 0.3 is 0 Å². The Morgan fingerprint density at radius 3 is 2.37 bits per heavy atom. The minimum atomic E-state index is -0.450. The second-order valence-electron chi connectivity index (χ2n) is 5.18. The SMILES string of the molecule is CCCNc1nc(C(C)(C)OCC)nc(C)c1CC. The molecule has 1 aromatic rings. The van der Waals surface area contributed by atoms with Gasteiger partial charge in [-0.05, 0) is 40.5 Å². The maximum Gasteiger partial charge on any atom is 0.162 e. The van der Waals surface area contributed by atoms with Gasteiger partial charge in [-0.2, -0.15) is 0 Å². The molecular formula is C15H27N3O. The van der Waals surface area contributed by atoms with E-state index in [1.54, 1.807) is 0 Å². The average molecular weight is 265 g/mol. The second-order valence-corrected chi connectivity index (χ2v) is 5.18. The van der Waals surface area contributed by atoms with Crippen LogP contribution in [-0.4, -0.2) is 23.1 Å². The van der Waals surface area contributed by atoms with Crippen molar-refractivity contribution in [2.45, 2.75) is 60.0 Å². The van der Waals surface area contributed by atoms with E-state index in [4.69, 9.17) is 4.74 Å². The number of nitrogens with one attached hydrogen (secondary N) is 1. The van der Waals surface area contributed by atoms with Gasteiger partial charge in [-0.25, -0.2) is 9.97 Å². The zero-order valence-corrected chi connectivity index (χ0v) is 13.1. The molecule has 1 N–H and O–H groups in total. The third-order valence-electron chi connectivity index (χ3n) is 3.15. The smallest absolute Gasteiger partial charge is 0.162 e. The molecule has 0 amide bonds. The summed E-state index contributed by atoms with van der Waals surface area (Å²) in [5, 5.41) is 3.40. The zero-order chi connectivity index (χ0) is 14.5. The summed E-state index contributed by atoms with van der Waals surface area (Å²) in [5.74, 6) is 1.71. The molecule has 1 heterocycles. The van der Waals surface area contributed by atoms with Gasteiger partial charge in [-0.3, -0.25) is 0 Å². The molecule has 0 bridgehead atoms. The molecule has 1 rings (SSSR count). The normalized spacial score (nSPS) is 11.7. The zero-order valence-electron chi connectivity index (χ0n) is 13.1. The summed E-state index contributed by atoms with van der Waals surface area (Å²) in [6.07, 6.45) is 2.02. The summed E-state index contributed by atoms with van der Waals surface area (Å²) in [6.45, 7) is 13.9. The van der Waals surface area contributed by atoms with Crippen LogP contribution in [0.3, 0.4) is 0 Å². The molecule has 0 unspecified atom stereocenters. The predicted molar refractivity (Wildman–Crippen MR) is 79.6 cm³/mol. The molecule has 4 heteroatoms. The maximum atomic E-state index is 5.75. The lowest BCUT2D eigenvalue weighted by molar-refractivity contribution is -0.0208. The van der Waals surface area contributed by atoms with Gasteiger partial charge in [-0.15, -0.1) is 0 Å². The first-order valence-corrected chi connectivity index (χ1v) is 7.22. The molecule has 0 aliphatic carbocycles. The standard InChI is InChI=1S/C15H27N3O/c1-7-10-16-13-12(8-2)11(4)17-14(18-13)15(5,6)19-9-3/h7-10H2,1-6H3,(H,16,17,18). The van der Waals surface area contributed by atoms with Crippen LogP contribution >= 0.6 is 0 Å². The first-order chi connectivity index (χ1) is 8.96. The van der Waals surface area contributed by atoms with Crippen molar-refractivity contribution in [2.24, 2.45) is 0 Å². The summed E-state index contributed by atoms with van der Waals surface area (Å²) < 4.78 is 5.75. The number of hydrogen-bond acceptors (Lipinski definition) is 4. The van der Waals surface area contributed by atoms with Gasteiger partial charge in [0.2, 0.25) is 0 Å². The Bertz CT molecular complexity index is 416. The van der Waals surface area contributed by atoms with Crippen LogP contribution in [0.15, 0.2) is 0 Å². The van der Waals surface area contributed by atoms with Crippen molar-refractivity contribution < 1.29 is 4.74 Å². The largest absolute Gasteiger partial charge is 0.370 e. The highest BCUT2D eigenvalue weighted by atomic mass is 16.5. The van der Waals surface area contributed by atoms with Gasteiger partial charge in [-0.1, -0.05) is 13.8 Å². The first kappa shape index (κ1) is 15.9. The fourth-order valence-electron chi connectivity index (χ4n) is 2.10. The van der Waals surface area contributed by atoms with Crippen molar-refractivity contribution in [2.75, 3.05) is 18.5 Å². The Morgan fingerprint density at radius 1 is 1.16 bits per heavy atom. The summed E-state index contributed by atoms with van der Waals surface area (Å²) in [7, 11) is 0. The van der Waals surface area contributed by atoms with Crippen molar-refractivity contribution in [3.8, 4) is 0 Å². The monoisotopic (exact) mass is 265 g/mol. The number of aromatic nitrogens is 2. The van der Waals surface area contributed by atoms with E-state index < -0.39 is 5.60 Å². The fraction of sp³-hybridized carbons (Fsp3) is 0.733. The van der Waals surface area contributed by atoms with Crippen LogP contribution in [0.2, 0.25) is 0 Å². The average Bonchev–Trinajstić information content (AvgIpc) is 2.35. The molecule has 0 aliphatic heterocycles. The minimum Gasteiger partial charge on any atom is -0.370 e. The van der Waals surface area contributed by atoms with Gasteiger partial charge in [0.1, 0.15) is 11.4 Å². The van der Waals surface area contributed by atoms with E-state index in [1.165, 1.54) is 5.56 Å². The van der Waals surface area contributed by atoms with Crippen molar-refractivity contribution in [1.29, 1.82) is 0 Å². The number of hydrogen-bond donors (Lipinski definition) is 1. The quantitative estimate of drug-likeness (QED) is 0.820. The van der Waals surface area contributed by atoms with Gasteiger partial charge in [0.25, 0.3) is 0 Å². The molecule has 0 fully saturated rings. The van der Waals surface area contributed by atoms with Crippen LogP contribution < -0.4 is 5.32 Å². The van der Waals surface area contributed by atoms with E-state index in [0.717, 1.165) is 36.7 Å². The second kappa shape index (κ2) is 6.85. The van der Waals surface area contributed by atoms with Gasteiger partial charge in [0, 0.05) is 24.4 Å². The van der Waals surface area contributed by atoms with E-state index in [0.29, 0.717) is 6.61 Å². The lowest BCUT2D eigenvalue weighted by Gasteiger charge is -2.25. The molecule has 0 saturated heterocycles. The van der Waals surface area contributed by atoms with Crippen LogP contribution in [-0.2, 0) is 16.8 Å². The molecule has 108 valence electrons. The summed E-state index contributed by atoms with van der Waals surface area (Å²) in [6, 6.07) is 0. The minimum absolute atomic E-state index is 0.450. The molecule has 0 saturated carbocycles. The first-order valence-electron chi connectivity index (χ1n) is 7.22. The highest BCUT2D eigenvalue weighted by Gasteiger charge is 2.26. The molecule has 0 aliphatic rings. The summed E-state index contributed by atoms with van der Waals surface area (Å²) in [4.78, 5) is 9.31. The highest BCUT2D eigenvalue weighted by Crippen LogP contribution is 2.25. The van der Waals surface area contributed by atoms with Crippen molar-refractivity contribution in [1.82, 2.24) is 9.97 Å². The lowest BCUT2D eigenvalue weighted by Crippen LogP contribution is -2.26. The van der Waals surface area contributed by atoms with E-state index in [1.807, 2.05) is 27.7 Å². The third-order valence-corrected chi connectivity index (χ3v) is 3.15. The topological polar surface area (TPSA) is 47.0 Å². The number of ether oxygens (including phenoxy) is 1. The summed E-state index contributed by atoms with van der Waals surface area (Å²) >= 11 is 0. The van der Waals surface area contributed by atoms with Crippen LogP contribution in [0, 0.1) is 6.92 Å². The molecule has 0 spiro atoms. The van der Waals surface area contributed by atoms with Crippen LogP contribution in [0.1, 0.15) is 58.1 Å². The molecule has 0 atom stereocenters. The predicted octanol–water partition coefficient (Wildman–Crippen LogP) is 3.44. The Balaban J connectivity index is 3.18. The molecule has 19 heavy (non-hydrogen) atoms. The Kier molecular flexibility index (Phi) is 5.73. The van der Waals surface area contributed by atoms with E-state index in [9.17, 15) is 0 Å². The van der Waals surface area contributed by atoms with Crippen LogP contribution in [0.5, 0.6) is 0 Å². The third kappa shape index (κ3) is 3.90. The molecule has 1 aromatic heterocycles. The Hall–Kier alpha value is -1.16. The Morgan fingerprint density at radius 2 is 1.84 bits per heavy atom. The summed E-state index contributed by atoms with van der Waals surface area (Å²) in [5.41, 5.74) is 1.79. The van der Waals surface area contributed by atoms with E-state index in [-0.39, 0.29) is 0 Å².